The first-order valence-electron chi connectivity index (χ1n) is 12.0. The maximum atomic E-state index is 13.4. The Morgan fingerprint density at radius 2 is 1.84 bits per heavy atom. The van der Waals surface area contributed by atoms with Gasteiger partial charge < -0.3 is 25.4 Å². The number of fused-ring (bicyclic) bond motifs is 1. The first kappa shape index (κ1) is 29.7. The van der Waals surface area contributed by atoms with E-state index in [1.165, 1.54) is 54.6 Å². The molecule has 5 N–H and O–H groups in total. The van der Waals surface area contributed by atoms with Crippen LogP contribution in [0, 0.1) is 5.82 Å². The van der Waals surface area contributed by atoms with Crippen LogP contribution in [0.15, 0.2) is 39.0 Å². The number of hydrogen-bond acceptors (Lipinski definition) is 11. The first-order chi connectivity index (χ1) is 18.1. The average molecular weight is 554 g/mol. The van der Waals surface area contributed by atoms with E-state index >= 15 is 0 Å². The van der Waals surface area contributed by atoms with Gasteiger partial charge in [-0.15, -0.1) is 0 Å². The van der Waals surface area contributed by atoms with Crippen molar-refractivity contribution in [2.45, 2.75) is 62.8 Å². The van der Waals surface area contributed by atoms with Crippen LogP contribution in [-0.2, 0) is 11.4 Å². The fourth-order valence-corrected chi connectivity index (χ4v) is 4.52. The second kappa shape index (κ2) is 13.3. The van der Waals surface area contributed by atoms with Crippen molar-refractivity contribution >= 4 is 28.7 Å². The van der Waals surface area contributed by atoms with Gasteiger partial charge in [0, 0.05) is 12.8 Å². The summed E-state index contributed by atoms with van der Waals surface area (Å²) in [4.78, 5) is 42.7. The van der Waals surface area contributed by atoms with E-state index in [9.17, 15) is 29.3 Å². The highest BCUT2D eigenvalue weighted by Crippen LogP contribution is 2.26. The van der Waals surface area contributed by atoms with Crippen molar-refractivity contribution in [2.24, 2.45) is 0 Å². The number of aliphatic hydroxyl groups is 4. The van der Waals surface area contributed by atoms with Crippen LogP contribution in [0.5, 0.6) is 0 Å². The molecule has 0 saturated carbocycles. The summed E-state index contributed by atoms with van der Waals surface area (Å²) in [6.07, 6.45) is -4.12. The number of unbranched alkanes of at least 4 members (excludes halogenated alkanes) is 1. The average Bonchev–Trinajstić information content (AvgIpc) is 2.90. The lowest BCUT2D eigenvalue weighted by Crippen LogP contribution is -2.47. The summed E-state index contributed by atoms with van der Waals surface area (Å²) in [5, 5.41) is 40.6. The fraction of sp³-hybridized carbons (Fsp3) is 0.500. The summed E-state index contributed by atoms with van der Waals surface area (Å²) < 4.78 is 14.6. The Morgan fingerprint density at radius 1 is 1.16 bits per heavy atom. The minimum atomic E-state index is -1.69. The highest BCUT2D eigenvalue weighted by molar-refractivity contribution is 7.99. The van der Waals surface area contributed by atoms with Gasteiger partial charge in [-0.2, -0.15) is 0 Å². The van der Waals surface area contributed by atoms with Gasteiger partial charge in [-0.25, -0.2) is 19.4 Å². The van der Waals surface area contributed by atoms with Gasteiger partial charge >= 0.3 is 11.1 Å². The number of hydroxylamine groups is 1. The fourth-order valence-electron chi connectivity index (χ4n) is 3.61. The van der Waals surface area contributed by atoms with Crippen LogP contribution in [0.3, 0.4) is 0 Å². The molecule has 3 aromatic rings. The van der Waals surface area contributed by atoms with Gasteiger partial charge in [0.2, 0.25) is 0 Å². The number of nitrogens with one attached hydrogen (secondary N) is 1. The van der Waals surface area contributed by atoms with E-state index in [-0.39, 0.29) is 23.5 Å². The molecule has 3 rings (SSSR count). The van der Waals surface area contributed by atoms with Gasteiger partial charge in [-0.05, 0) is 31.0 Å². The molecule has 2 aromatic heterocycles. The normalized spacial score (nSPS) is 14.8. The van der Waals surface area contributed by atoms with Crippen molar-refractivity contribution in [3.05, 3.63) is 56.4 Å². The summed E-state index contributed by atoms with van der Waals surface area (Å²) in [7, 11) is 1.45. The molecule has 0 bridgehead atoms. The highest BCUT2D eigenvalue weighted by Gasteiger charge is 2.31. The Bertz CT molecular complexity index is 1340. The molecule has 0 unspecified atom stereocenters. The van der Waals surface area contributed by atoms with Crippen LogP contribution in [0.2, 0.25) is 0 Å². The molecule has 0 fully saturated rings. The lowest BCUT2D eigenvalue weighted by atomic mass is 10.0. The molecule has 0 aliphatic rings. The van der Waals surface area contributed by atoms with Crippen molar-refractivity contribution in [2.75, 3.05) is 24.5 Å². The summed E-state index contributed by atoms with van der Waals surface area (Å²) >= 11 is 1.34. The van der Waals surface area contributed by atoms with E-state index < -0.39 is 48.0 Å². The monoisotopic (exact) mass is 553 g/mol. The molecule has 0 amide bonds. The summed E-state index contributed by atoms with van der Waals surface area (Å²) in [6, 6.07) is 5.49. The molecule has 208 valence electrons. The van der Waals surface area contributed by atoms with E-state index in [0.717, 1.165) is 17.9 Å². The molecular formula is C24H32FN5O7S. The predicted molar refractivity (Wildman–Crippen MR) is 140 cm³/mol. The Kier molecular flexibility index (Phi) is 10.4. The Hall–Kier alpha value is -2.88. The van der Waals surface area contributed by atoms with Crippen molar-refractivity contribution in [3.8, 4) is 0 Å². The second-order valence-electron chi connectivity index (χ2n) is 8.74. The molecule has 4 atom stereocenters. The third-order valence-electron chi connectivity index (χ3n) is 5.80. The molecule has 0 aliphatic carbocycles. The molecule has 0 radical (unpaired) electrons. The summed E-state index contributed by atoms with van der Waals surface area (Å²) in [6.45, 7) is 2.65. The van der Waals surface area contributed by atoms with Crippen molar-refractivity contribution < 1.29 is 29.7 Å². The number of nitrogens with zero attached hydrogens (tertiary/aromatic N) is 4. The SMILES string of the molecule is CCCCSc1nc(N(C)O[C@H](C)[C@H](O)[C@@H](O)[C@@H](O)CO)c2[nH]c(=O)c(=O)n(Cc3ccc(F)cc3)c2n1. The maximum Gasteiger partial charge on any atom is 0.318 e. The maximum absolute atomic E-state index is 13.4. The standard InChI is InChI=1S/C24H32FN5O7S/c1-4-5-10-38-24-27-20(29(3)37-13(2)18(33)19(34)16(32)12-31)17-21(28-24)30(23(36)22(35)26-17)11-14-6-8-15(25)9-7-14/h6-9,13,16,18-19,31-34H,4-5,10-12H2,1-3H3,(H,26,35)/t13-,16+,18+,19+/m1/s1. The lowest BCUT2D eigenvalue weighted by Gasteiger charge is -2.30. The molecule has 2 heterocycles. The lowest BCUT2D eigenvalue weighted by molar-refractivity contribution is -0.128. The Balaban J connectivity index is 2.08. The van der Waals surface area contributed by atoms with Crippen molar-refractivity contribution in [1.82, 2.24) is 19.5 Å². The molecule has 0 saturated heterocycles. The third-order valence-corrected chi connectivity index (χ3v) is 6.74. The molecule has 38 heavy (non-hydrogen) atoms. The van der Waals surface area contributed by atoms with Gasteiger partial charge in [-0.1, -0.05) is 37.2 Å². The number of hydrogen-bond donors (Lipinski definition) is 5. The minimum Gasteiger partial charge on any atom is -0.394 e. The number of halogens is 1. The Morgan fingerprint density at radius 3 is 2.47 bits per heavy atom. The number of aromatic nitrogens is 4. The smallest absolute Gasteiger partial charge is 0.318 e. The largest absolute Gasteiger partial charge is 0.394 e. The number of benzene rings is 1. The highest BCUT2D eigenvalue weighted by atomic mass is 32.2. The molecule has 0 spiro atoms. The van der Waals surface area contributed by atoms with E-state index in [1.54, 1.807) is 0 Å². The summed E-state index contributed by atoms with van der Waals surface area (Å²) in [5.41, 5.74) is -1.03. The molecule has 1 aromatic carbocycles. The second-order valence-corrected chi connectivity index (χ2v) is 9.80. The number of H-pyrrole nitrogens is 1. The number of rotatable bonds is 13. The van der Waals surface area contributed by atoms with Crippen LogP contribution < -0.4 is 16.2 Å². The van der Waals surface area contributed by atoms with Gasteiger partial charge in [-0.3, -0.25) is 19.0 Å². The molecule has 14 heteroatoms. The van der Waals surface area contributed by atoms with Crippen LogP contribution in [0.4, 0.5) is 10.2 Å². The number of aliphatic hydroxyl groups excluding tert-OH is 4. The summed E-state index contributed by atoms with van der Waals surface area (Å²) in [5.74, 6) is 0.329. The number of anilines is 1. The Labute approximate surface area is 221 Å². The molecule has 0 aliphatic heterocycles. The van der Waals surface area contributed by atoms with Crippen LogP contribution in [0.1, 0.15) is 32.3 Å². The topological polar surface area (TPSA) is 174 Å². The number of aromatic amines is 1. The van der Waals surface area contributed by atoms with Gasteiger partial charge in [0.15, 0.2) is 16.6 Å². The number of thioether (sulfide) groups is 1. The zero-order chi connectivity index (χ0) is 28.0. The first-order valence-corrected chi connectivity index (χ1v) is 13.0. The van der Waals surface area contributed by atoms with Crippen molar-refractivity contribution in [1.29, 1.82) is 0 Å². The minimum absolute atomic E-state index is 0.0556. The van der Waals surface area contributed by atoms with E-state index in [2.05, 4.69) is 15.0 Å². The zero-order valence-corrected chi connectivity index (χ0v) is 22.1. The third kappa shape index (κ3) is 6.95. The van der Waals surface area contributed by atoms with Crippen molar-refractivity contribution in [3.63, 3.8) is 0 Å². The van der Waals surface area contributed by atoms with Crippen LogP contribution >= 0.6 is 11.8 Å². The van der Waals surface area contributed by atoms with E-state index in [1.807, 2.05) is 6.92 Å². The molecule has 12 nitrogen and oxygen atoms in total. The van der Waals surface area contributed by atoms with E-state index in [0.29, 0.717) is 16.5 Å². The van der Waals surface area contributed by atoms with E-state index in [4.69, 9.17) is 9.94 Å². The predicted octanol–water partition coefficient (Wildman–Crippen LogP) is 0.391. The van der Waals surface area contributed by atoms with Gasteiger partial charge in [0.1, 0.15) is 35.7 Å². The molecular weight excluding hydrogens is 521 g/mol. The van der Waals surface area contributed by atoms with Crippen LogP contribution in [0.25, 0.3) is 11.2 Å². The van der Waals surface area contributed by atoms with Gasteiger partial charge in [0.25, 0.3) is 0 Å². The van der Waals surface area contributed by atoms with Crippen LogP contribution in [-0.4, -0.2) is 83.8 Å². The van der Waals surface area contributed by atoms with Gasteiger partial charge in [0.05, 0.1) is 13.2 Å². The quantitative estimate of drug-likeness (QED) is 0.0651. The zero-order valence-electron chi connectivity index (χ0n) is 21.2.